The average Bonchev–Trinajstić information content (AvgIpc) is 3.55. The molecule has 170 valence electrons. The predicted molar refractivity (Wildman–Crippen MR) is 136 cm³/mol. The van der Waals surface area contributed by atoms with Crippen molar-refractivity contribution in [3.8, 4) is 11.5 Å². The lowest BCUT2D eigenvalue weighted by molar-refractivity contribution is 0.196. The summed E-state index contributed by atoms with van der Waals surface area (Å²) in [6.07, 6.45) is 2.29. The van der Waals surface area contributed by atoms with E-state index in [-0.39, 0.29) is 42.6 Å². The Balaban J connectivity index is 0.00000341. The first-order valence-electron chi connectivity index (χ1n) is 10.3. The minimum absolute atomic E-state index is 0. The van der Waals surface area contributed by atoms with Gasteiger partial charge in [0.1, 0.15) is 6.61 Å². The molecule has 0 atom stereocenters. The third-order valence-corrected chi connectivity index (χ3v) is 5.46. The van der Waals surface area contributed by atoms with E-state index in [1.54, 1.807) is 7.11 Å². The minimum atomic E-state index is -0.0381. The number of benzene rings is 2. The maximum Gasteiger partial charge on any atom is 0.191 e. The number of nitrogens with one attached hydrogen (secondary N) is 2. The molecule has 3 rings (SSSR count). The maximum atomic E-state index is 8.94. The highest BCUT2D eigenvalue weighted by molar-refractivity contribution is 14.0. The van der Waals surface area contributed by atoms with Crippen LogP contribution in [-0.2, 0) is 12.0 Å². The molecular formula is C23H31ClIN3O3. The molecule has 0 amide bonds. The van der Waals surface area contributed by atoms with Crippen LogP contribution in [0, 0.1) is 0 Å². The summed E-state index contributed by atoms with van der Waals surface area (Å²) in [6, 6.07) is 13.8. The highest BCUT2D eigenvalue weighted by Crippen LogP contribution is 2.48. The zero-order chi connectivity index (χ0) is 21.4. The summed E-state index contributed by atoms with van der Waals surface area (Å²) in [6.45, 7) is 4.36. The number of aliphatic hydroxyl groups is 1. The molecule has 0 heterocycles. The molecule has 8 heteroatoms. The molecule has 1 aliphatic carbocycles. The van der Waals surface area contributed by atoms with Crippen LogP contribution in [0.1, 0.15) is 30.9 Å². The molecular weight excluding hydrogens is 529 g/mol. The van der Waals surface area contributed by atoms with Crippen LogP contribution in [0.4, 0.5) is 0 Å². The van der Waals surface area contributed by atoms with Gasteiger partial charge in [-0.25, -0.2) is 4.99 Å². The topological polar surface area (TPSA) is 75.1 Å². The normalized spacial score (nSPS) is 14.4. The average molecular weight is 560 g/mol. The second-order valence-electron chi connectivity index (χ2n) is 7.40. The van der Waals surface area contributed by atoms with Crippen LogP contribution >= 0.6 is 35.6 Å². The second-order valence-corrected chi connectivity index (χ2v) is 7.83. The number of halogens is 2. The van der Waals surface area contributed by atoms with E-state index in [9.17, 15) is 0 Å². The van der Waals surface area contributed by atoms with Gasteiger partial charge in [0.05, 0.1) is 20.3 Å². The molecule has 0 unspecified atom stereocenters. The molecule has 0 aliphatic heterocycles. The second kappa shape index (κ2) is 12.4. The fourth-order valence-electron chi connectivity index (χ4n) is 3.39. The molecule has 1 saturated carbocycles. The molecule has 0 aromatic heterocycles. The number of hydrogen-bond donors (Lipinski definition) is 3. The van der Waals surface area contributed by atoms with E-state index >= 15 is 0 Å². The van der Waals surface area contributed by atoms with Gasteiger partial charge in [0.2, 0.25) is 0 Å². The van der Waals surface area contributed by atoms with Gasteiger partial charge in [0, 0.05) is 23.5 Å². The van der Waals surface area contributed by atoms with Crippen LogP contribution in [0.3, 0.4) is 0 Å². The number of methoxy groups -OCH3 is 1. The van der Waals surface area contributed by atoms with E-state index in [4.69, 9.17) is 31.2 Å². The van der Waals surface area contributed by atoms with Gasteiger partial charge in [-0.3, -0.25) is 0 Å². The lowest BCUT2D eigenvalue weighted by Crippen LogP contribution is -2.41. The Bertz CT molecular complexity index is 875. The van der Waals surface area contributed by atoms with Crippen molar-refractivity contribution in [2.24, 2.45) is 4.99 Å². The van der Waals surface area contributed by atoms with Gasteiger partial charge in [-0.2, -0.15) is 0 Å². The summed E-state index contributed by atoms with van der Waals surface area (Å²) in [5.41, 5.74) is 2.42. The van der Waals surface area contributed by atoms with E-state index in [2.05, 4.69) is 29.7 Å². The molecule has 3 N–H and O–H groups in total. The van der Waals surface area contributed by atoms with Crippen molar-refractivity contribution in [3.05, 3.63) is 58.6 Å². The van der Waals surface area contributed by atoms with E-state index < -0.39 is 0 Å². The Morgan fingerprint density at radius 1 is 1.16 bits per heavy atom. The van der Waals surface area contributed by atoms with Crippen LogP contribution < -0.4 is 20.1 Å². The summed E-state index contributed by atoms with van der Waals surface area (Å²) < 4.78 is 10.9. The highest BCUT2D eigenvalue weighted by Gasteiger charge is 2.44. The zero-order valence-electron chi connectivity index (χ0n) is 18.0. The highest BCUT2D eigenvalue weighted by atomic mass is 127. The number of rotatable bonds is 10. The van der Waals surface area contributed by atoms with Gasteiger partial charge >= 0.3 is 0 Å². The maximum absolute atomic E-state index is 8.94. The molecule has 0 radical (unpaired) electrons. The lowest BCUT2D eigenvalue weighted by atomic mass is 9.96. The number of hydrogen-bond acceptors (Lipinski definition) is 4. The Hall–Kier alpha value is -1.71. The van der Waals surface area contributed by atoms with E-state index in [1.807, 2.05) is 30.3 Å². The first-order chi connectivity index (χ1) is 14.6. The summed E-state index contributed by atoms with van der Waals surface area (Å²) in [7, 11) is 1.60. The van der Waals surface area contributed by atoms with Crippen LogP contribution in [0.25, 0.3) is 0 Å². The predicted octanol–water partition coefficient (Wildman–Crippen LogP) is 4.12. The molecule has 0 saturated heterocycles. The van der Waals surface area contributed by atoms with Crippen molar-refractivity contribution in [2.75, 3.05) is 33.4 Å². The van der Waals surface area contributed by atoms with Gasteiger partial charge in [0.15, 0.2) is 17.5 Å². The first kappa shape index (κ1) is 25.5. The fourth-order valence-corrected chi connectivity index (χ4v) is 3.58. The Morgan fingerprint density at radius 3 is 2.61 bits per heavy atom. The van der Waals surface area contributed by atoms with Crippen molar-refractivity contribution < 1.29 is 14.6 Å². The van der Waals surface area contributed by atoms with Crippen molar-refractivity contribution >= 4 is 41.5 Å². The molecule has 1 aliphatic rings. The Kier molecular flexibility index (Phi) is 10.2. The summed E-state index contributed by atoms with van der Waals surface area (Å²) in [4.78, 5) is 4.73. The summed E-state index contributed by atoms with van der Waals surface area (Å²) in [5, 5.41) is 16.5. The van der Waals surface area contributed by atoms with E-state index in [0.29, 0.717) is 18.0 Å². The number of nitrogens with zero attached hydrogens (tertiary/aromatic N) is 1. The Labute approximate surface area is 206 Å². The number of guanidine groups is 1. The van der Waals surface area contributed by atoms with Crippen LogP contribution in [0.2, 0.25) is 5.02 Å². The third-order valence-electron chi connectivity index (χ3n) is 5.23. The van der Waals surface area contributed by atoms with Crippen LogP contribution in [0.5, 0.6) is 11.5 Å². The van der Waals surface area contributed by atoms with Crippen LogP contribution in [-0.4, -0.2) is 44.5 Å². The number of ether oxygens (including phenoxy) is 2. The van der Waals surface area contributed by atoms with E-state index in [0.717, 1.165) is 42.5 Å². The van der Waals surface area contributed by atoms with Gasteiger partial charge in [0.25, 0.3) is 0 Å². The molecule has 2 aromatic carbocycles. The summed E-state index contributed by atoms with van der Waals surface area (Å²) in [5.74, 6) is 2.03. The monoisotopic (exact) mass is 559 g/mol. The SMILES string of the molecule is CCNC(=NCc1ccc(OCCO)c(OC)c1)NCC1(c2cccc(Cl)c2)CC1.I. The quantitative estimate of drug-likeness (QED) is 0.232. The van der Waals surface area contributed by atoms with Crippen molar-refractivity contribution in [2.45, 2.75) is 31.7 Å². The van der Waals surface area contributed by atoms with Gasteiger partial charge < -0.3 is 25.2 Å². The smallest absolute Gasteiger partial charge is 0.191 e. The lowest BCUT2D eigenvalue weighted by Gasteiger charge is -2.19. The molecule has 6 nitrogen and oxygen atoms in total. The molecule has 0 spiro atoms. The zero-order valence-corrected chi connectivity index (χ0v) is 21.1. The number of aliphatic hydroxyl groups excluding tert-OH is 1. The molecule has 1 fully saturated rings. The van der Waals surface area contributed by atoms with Gasteiger partial charge in [-0.05, 0) is 55.2 Å². The first-order valence-corrected chi connectivity index (χ1v) is 10.7. The Morgan fingerprint density at radius 2 is 1.97 bits per heavy atom. The van der Waals surface area contributed by atoms with Gasteiger partial charge in [-0.15, -0.1) is 24.0 Å². The number of aliphatic imine (C=N–C) groups is 1. The molecule has 0 bridgehead atoms. The van der Waals surface area contributed by atoms with E-state index in [1.165, 1.54) is 5.56 Å². The molecule has 2 aromatic rings. The minimum Gasteiger partial charge on any atom is -0.493 e. The van der Waals surface area contributed by atoms with Crippen molar-refractivity contribution in [1.29, 1.82) is 0 Å². The fraction of sp³-hybridized carbons (Fsp3) is 0.435. The van der Waals surface area contributed by atoms with Crippen molar-refractivity contribution in [1.82, 2.24) is 10.6 Å². The third kappa shape index (κ3) is 7.15. The standard InChI is InChI=1S/C23H30ClN3O3.HI/c1-3-25-22(27-16-23(9-10-23)18-5-4-6-19(24)14-18)26-15-17-7-8-20(30-12-11-28)21(13-17)29-2;/h4-8,13-14,28H,3,9-12,15-16H2,1-2H3,(H2,25,26,27);1H. The molecule has 31 heavy (non-hydrogen) atoms. The van der Waals surface area contributed by atoms with Gasteiger partial charge in [-0.1, -0.05) is 29.8 Å². The van der Waals surface area contributed by atoms with Crippen molar-refractivity contribution in [3.63, 3.8) is 0 Å². The largest absolute Gasteiger partial charge is 0.493 e. The van der Waals surface area contributed by atoms with Crippen LogP contribution in [0.15, 0.2) is 47.5 Å². The summed E-state index contributed by atoms with van der Waals surface area (Å²) >= 11 is 6.18.